The predicted octanol–water partition coefficient (Wildman–Crippen LogP) is 2.40. The van der Waals surface area contributed by atoms with Crippen LogP contribution in [0.25, 0.3) is 0 Å². The zero-order chi connectivity index (χ0) is 14.4. The Morgan fingerprint density at radius 1 is 1.25 bits per heavy atom. The molecule has 0 saturated carbocycles. The standard InChI is InChI=1S/C15H17N3O2/c1-20-14-4-2-3-13(9-14)17-10-11-5-7-12(8-6-11)15(16)18-19/h2-9,17,19H,10H2,1H3,(H2,16,18). The number of nitrogens with zero attached hydrogens (tertiary/aromatic N) is 1. The summed E-state index contributed by atoms with van der Waals surface area (Å²) in [6.07, 6.45) is 0. The van der Waals surface area contributed by atoms with Crippen LogP contribution < -0.4 is 15.8 Å². The number of hydrogen-bond acceptors (Lipinski definition) is 4. The van der Waals surface area contributed by atoms with Gasteiger partial charge < -0.3 is 21.0 Å². The number of methoxy groups -OCH3 is 1. The topological polar surface area (TPSA) is 79.9 Å². The van der Waals surface area contributed by atoms with Crippen LogP contribution in [0.15, 0.2) is 53.7 Å². The summed E-state index contributed by atoms with van der Waals surface area (Å²) in [5, 5.41) is 14.9. The van der Waals surface area contributed by atoms with Gasteiger partial charge in [-0.25, -0.2) is 0 Å². The molecule has 0 saturated heterocycles. The van der Waals surface area contributed by atoms with E-state index in [-0.39, 0.29) is 5.84 Å². The number of amidine groups is 1. The van der Waals surface area contributed by atoms with Crippen molar-refractivity contribution in [3.8, 4) is 5.75 Å². The van der Waals surface area contributed by atoms with Crippen LogP contribution in [-0.2, 0) is 6.54 Å². The van der Waals surface area contributed by atoms with E-state index < -0.39 is 0 Å². The summed E-state index contributed by atoms with van der Waals surface area (Å²) in [5.41, 5.74) is 8.29. The lowest BCUT2D eigenvalue weighted by Gasteiger charge is -2.08. The van der Waals surface area contributed by atoms with Gasteiger partial charge in [-0.05, 0) is 17.7 Å². The molecule has 0 bridgehead atoms. The Bertz CT molecular complexity index is 594. The largest absolute Gasteiger partial charge is 0.497 e. The lowest BCUT2D eigenvalue weighted by atomic mass is 10.1. The summed E-state index contributed by atoms with van der Waals surface area (Å²) in [5.74, 6) is 0.926. The Morgan fingerprint density at radius 2 is 2.00 bits per heavy atom. The maximum Gasteiger partial charge on any atom is 0.170 e. The first-order valence-corrected chi connectivity index (χ1v) is 6.17. The number of hydrogen-bond donors (Lipinski definition) is 3. The SMILES string of the molecule is COc1cccc(NCc2ccc(C(N)=NO)cc2)c1. The number of benzene rings is 2. The first-order chi connectivity index (χ1) is 9.72. The van der Waals surface area contributed by atoms with Crippen LogP contribution in [0.4, 0.5) is 5.69 Å². The average Bonchev–Trinajstić information content (AvgIpc) is 2.53. The third-order valence-electron chi connectivity index (χ3n) is 2.92. The zero-order valence-electron chi connectivity index (χ0n) is 11.2. The highest BCUT2D eigenvalue weighted by atomic mass is 16.5. The van der Waals surface area contributed by atoms with Gasteiger partial charge in [0.05, 0.1) is 7.11 Å². The number of anilines is 1. The number of ether oxygens (including phenoxy) is 1. The molecule has 2 aromatic carbocycles. The molecule has 0 heterocycles. The van der Waals surface area contributed by atoms with E-state index in [2.05, 4.69) is 10.5 Å². The fourth-order valence-electron chi connectivity index (χ4n) is 1.79. The fourth-order valence-corrected chi connectivity index (χ4v) is 1.79. The van der Waals surface area contributed by atoms with Gasteiger partial charge in [0.25, 0.3) is 0 Å². The van der Waals surface area contributed by atoms with Crippen LogP contribution in [0, 0.1) is 0 Å². The van der Waals surface area contributed by atoms with E-state index in [4.69, 9.17) is 15.7 Å². The van der Waals surface area contributed by atoms with E-state index in [1.54, 1.807) is 7.11 Å². The molecule has 0 aromatic heterocycles. The van der Waals surface area contributed by atoms with Crippen molar-refractivity contribution in [1.82, 2.24) is 0 Å². The monoisotopic (exact) mass is 271 g/mol. The van der Waals surface area contributed by atoms with Crippen LogP contribution in [0.1, 0.15) is 11.1 Å². The minimum Gasteiger partial charge on any atom is -0.497 e. The molecule has 104 valence electrons. The lowest BCUT2D eigenvalue weighted by molar-refractivity contribution is 0.318. The quantitative estimate of drug-likeness (QED) is 0.337. The normalized spacial score (nSPS) is 11.2. The summed E-state index contributed by atoms with van der Waals surface area (Å²) < 4.78 is 5.17. The maximum atomic E-state index is 8.60. The summed E-state index contributed by atoms with van der Waals surface area (Å²) in [6, 6.07) is 15.2. The molecule has 0 radical (unpaired) electrons. The number of nitrogens with two attached hydrogens (primary N) is 1. The Hall–Kier alpha value is -2.69. The first-order valence-electron chi connectivity index (χ1n) is 6.17. The van der Waals surface area contributed by atoms with Crippen molar-refractivity contribution in [3.63, 3.8) is 0 Å². The van der Waals surface area contributed by atoms with E-state index >= 15 is 0 Å². The fraction of sp³-hybridized carbons (Fsp3) is 0.133. The van der Waals surface area contributed by atoms with Crippen LogP contribution >= 0.6 is 0 Å². The minimum absolute atomic E-state index is 0.109. The van der Waals surface area contributed by atoms with Crippen LogP contribution in [0.2, 0.25) is 0 Å². The molecule has 0 aliphatic rings. The van der Waals surface area contributed by atoms with E-state index in [9.17, 15) is 0 Å². The second-order valence-electron chi connectivity index (χ2n) is 4.27. The van der Waals surface area contributed by atoms with Crippen molar-refractivity contribution in [2.45, 2.75) is 6.54 Å². The highest BCUT2D eigenvalue weighted by Gasteiger charge is 2.00. The molecule has 0 aliphatic carbocycles. The van der Waals surface area contributed by atoms with E-state index in [1.807, 2.05) is 48.5 Å². The van der Waals surface area contributed by atoms with Gasteiger partial charge in [0.15, 0.2) is 5.84 Å². The van der Waals surface area contributed by atoms with Gasteiger partial charge >= 0.3 is 0 Å². The summed E-state index contributed by atoms with van der Waals surface area (Å²) >= 11 is 0. The van der Waals surface area contributed by atoms with Gasteiger partial charge in [-0.3, -0.25) is 0 Å². The van der Waals surface area contributed by atoms with Crippen LogP contribution in [0.5, 0.6) is 5.75 Å². The Balaban J connectivity index is 2.00. The molecule has 0 atom stereocenters. The van der Waals surface area contributed by atoms with Crippen molar-refractivity contribution in [1.29, 1.82) is 0 Å². The van der Waals surface area contributed by atoms with E-state index in [0.717, 1.165) is 17.0 Å². The second kappa shape index (κ2) is 6.47. The molecular formula is C15H17N3O2. The molecular weight excluding hydrogens is 254 g/mol. The summed E-state index contributed by atoms with van der Waals surface area (Å²) in [6.45, 7) is 0.684. The second-order valence-corrected chi connectivity index (χ2v) is 4.27. The molecule has 4 N–H and O–H groups in total. The Kier molecular flexibility index (Phi) is 4.44. The van der Waals surface area contributed by atoms with Gasteiger partial charge in [0.1, 0.15) is 5.75 Å². The third kappa shape index (κ3) is 3.41. The molecule has 5 heteroatoms. The first kappa shape index (κ1) is 13.7. The molecule has 0 aliphatic heterocycles. The average molecular weight is 271 g/mol. The molecule has 2 aromatic rings. The molecule has 0 amide bonds. The van der Waals surface area contributed by atoms with Gasteiger partial charge in [-0.15, -0.1) is 0 Å². The van der Waals surface area contributed by atoms with Crippen molar-refractivity contribution < 1.29 is 9.94 Å². The minimum atomic E-state index is 0.109. The zero-order valence-corrected chi connectivity index (χ0v) is 11.2. The smallest absolute Gasteiger partial charge is 0.170 e. The van der Waals surface area contributed by atoms with Gasteiger partial charge in [0.2, 0.25) is 0 Å². The Labute approximate surface area is 117 Å². The molecule has 2 rings (SSSR count). The number of oxime groups is 1. The highest BCUT2D eigenvalue weighted by molar-refractivity contribution is 5.96. The summed E-state index contributed by atoms with van der Waals surface area (Å²) in [4.78, 5) is 0. The Morgan fingerprint density at radius 3 is 2.65 bits per heavy atom. The van der Waals surface area contributed by atoms with Crippen molar-refractivity contribution in [3.05, 3.63) is 59.7 Å². The molecule has 0 spiro atoms. The van der Waals surface area contributed by atoms with Gasteiger partial charge in [-0.1, -0.05) is 35.5 Å². The van der Waals surface area contributed by atoms with Gasteiger partial charge in [0, 0.05) is 23.9 Å². The van der Waals surface area contributed by atoms with E-state index in [1.165, 1.54) is 0 Å². The maximum absolute atomic E-state index is 8.60. The predicted molar refractivity (Wildman–Crippen MR) is 79.3 cm³/mol. The molecule has 0 fully saturated rings. The van der Waals surface area contributed by atoms with Crippen LogP contribution in [-0.4, -0.2) is 18.2 Å². The van der Waals surface area contributed by atoms with Crippen molar-refractivity contribution >= 4 is 11.5 Å². The molecule has 5 nitrogen and oxygen atoms in total. The van der Waals surface area contributed by atoms with E-state index in [0.29, 0.717) is 12.1 Å². The molecule has 0 unspecified atom stereocenters. The summed E-state index contributed by atoms with van der Waals surface area (Å²) in [7, 11) is 1.64. The van der Waals surface area contributed by atoms with Crippen LogP contribution in [0.3, 0.4) is 0 Å². The number of nitrogens with one attached hydrogen (secondary N) is 1. The van der Waals surface area contributed by atoms with Crippen molar-refractivity contribution in [2.75, 3.05) is 12.4 Å². The van der Waals surface area contributed by atoms with Gasteiger partial charge in [-0.2, -0.15) is 0 Å². The highest BCUT2D eigenvalue weighted by Crippen LogP contribution is 2.17. The number of rotatable bonds is 5. The molecule has 20 heavy (non-hydrogen) atoms. The third-order valence-corrected chi connectivity index (χ3v) is 2.92. The van der Waals surface area contributed by atoms with Crippen molar-refractivity contribution in [2.24, 2.45) is 10.9 Å². The lowest BCUT2D eigenvalue weighted by Crippen LogP contribution is -2.13.